The molecule has 3 rings (SSSR count). The van der Waals surface area contributed by atoms with E-state index in [0.717, 1.165) is 16.7 Å². The summed E-state index contributed by atoms with van der Waals surface area (Å²) in [6.45, 7) is 6.48. The van der Waals surface area contributed by atoms with Gasteiger partial charge >= 0.3 is 0 Å². The first-order valence-electron chi connectivity index (χ1n) is 10.3. The van der Waals surface area contributed by atoms with Gasteiger partial charge in [0.1, 0.15) is 16.7 Å². The SMILES string of the molecule is Cc1ccc(-c2ccc3c(c2)O[C@@H](CN(C)C)[C@H](C)CN([C@H](C)CO)S3(=O)=O)cc1. The van der Waals surface area contributed by atoms with E-state index in [0.29, 0.717) is 18.8 Å². The minimum Gasteiger partial charge on any atom is -0.487 e. The molecule has 0 saturated carbocycles. The summed E-state index contributed by atoms with van der Waals surface area (Å²) in [5, 5.41) is 9.70. The molecule has 0 aliphatic carbocycles. The normalized spacial score (nSPS) is 22.6. The third-order valence-electron chi connectivity index (χ3n) is 5.60. The number of hydrogen-bond acceptors (Lipinski definition) is 5. The van der Waals surface area contributed by atoms with E-state index in [1.807, 2.05) is 69.2 Å². The van der Waals surface area contributed by atoms with Crippen LogP contribution < -0.4 is 4.74 Å². The van der Waals surface area contributed by atoms with Gasteiger partial charge in [0, 0.05) is 25.0 Å². The van der Waals surface area contributed by atoms with Crippen LogP contribution in [-0.4, -0.2) is 68.7 Å². The van der Waals surface area contributed by atoms with Crippen molar-refractivity contribution >= 4 is 10.0 Å². The topological polar surface area (TPSA) is 70.1 Å². The Bertz CT molecular complexity index is 973. The molecule has 0 aromatic heterocycles. The van der Waals surface area contributed by atoms with Crippen molar-refractivity contribution in [1.29, 1.82) is 0 Å². The summed E-state index contributed by atoms with van der Waals surface area (Å²) < 4.78 is 34.7. The van der Waals surface area contributed by atoms with Gasteiger partial charge in [0.25, 0.3) is 0 Å². The van der Waals surface area contributed by atoms with Gasteiger partial charge in [-0.25, -0.2) is 8.42 Å². The van der Waals surface area contributed by atoms with E-state index in [1.165, 1.54) is 4.31 Å². The first-order chi connectivity index (χ1) is 14.1. The number of aliphatic hydroxyl groups is 1. The maximum Gasteiger partial charge on any atom is 0.247 e. The van der Waals surface area contributed by atoms with Crippen LogP contribution in [-0.2, 0) is 10.0 Å². The molecule has 2 aromatic carbocycles. The van der Waals surface area contributed by atoms with E-state index in [1.54, 1.807) is 13.0 Å². The van der Waals surface area contributed by atoms with Gasteiger partial charge in [0.2, 0.25) is 10.0 Å². The highest BCUT2D eigenvalue weighted by molar-refractivity contribution is 7.89. The number of benzene rings is 2. The second-order valence-electron chi connectivity index (χ2n) is 8.53. The number of hydrogen-bond donors (Lipinski definition) is 1. The molecule has 1 heterocycles. The molecule has 0 bridgehead atoms. The predicted molar refractivity (Wildman–Crippen MR) is 119 cm³/mol. The maximum atomic E-state index is 13.5. The molecule has 164 valence electrons. The van der Waals surface area contributed by atoms with E-state index >= 15 is 0 Å². The summed E-state index contributed by atoms with van der Waals surface area (Å²) in [7, 11) is 0.141. The average Bonchev–Trinajstić information content (AvgIpc) is 2.70. The number of aryl methyl sites for hydroxylation is 1. The zero-order chi connectivity index (χ0) is 22.1. The van der Waals surface area contributed by atoms with Crippen molar-refractivity contribution in [3.05, 3.63) is 48.0 Å². The number of likely N-dealkylation sites (N-methyl/N-ethyl adjacent to an activating group) is 1. The van der Waals surface area contributed by atoms with Crippen molar-refractivity contribution in [3.8, 4) is 16.9 Å². The van der Waals surface area contributed by atoms with Crippen molar-refractivity contribution in [1.82, 2.24) is 9.21 Å². The largest absolute Gasteiger partial charge is 0.487 e. The third-order valence-corrected chi connectivity index (χ3v) is 7.62. The highest BCUT2D eigenvalue weighted by atomic mass is 32.2. The lowest BCUT2D eigenvalue weighted by molar-refractivity contribution is 0.0813. The van der Waals surface area contributed by atoms with Crippen LogP contribution in [0.2, 0.25) is 0 Å². The van der Waals surface area contributed by atoms with Crippen molar-refractivity contribution < 1.29 is 18.3 Å². The minimum absolute atomic E-state index is 0.0487. The van der Waals surface area contributed by atoms with Gasteiger partial charge in [0.05, 0.1) is 6.61 Å². The molecule has 0 unspecified atom stereocenters. The number of sulfonamides is 1. The van der Waals surface area contributed by atoms with Crippen LogP contribution in [0.3, 0.4) is 0 Å². The zero-order valence-corrected chi connectivity index (χ0v) is 19.2. The van der Waals surface area contributed by atoms with Gasteiger partial charge in [0.15, 0.2) is 0 Å². The number of aliphatic hydroxyl groups excluding tert-OH is 1. The van der Waals surface area contributed by atoms with Crippen molar-refractivity contribution in [2.75, 3.05) is 33.8 Å². The Hall–Kier alpha value is -1.93. The zero-order valence-electron chi connectivity index (χ0n) is 18.4. The molecule has 2 aromatic rings. The van der Waals surface area contributed by atoms with Crippen LogP contribution in [0.5, 0.6) is 5.75 Å². The van der Waals surface area contributed by atoms with Crippen LogP contribution in [0.25, 0.3) is 11.1 Å². The average molecular weight is 433 g/mol. The first kappa shape index (κ1) is 22.7. The number of rotatable bonds is 5. The quantitative estimate of drug-likeness (QED) is 0.787. The van der Waals surface area contributed by atoms with Gasteiger partial charge in [-0.3, -0.25) is 0 Å². The fourth-order valence-electron chi connectivity index (χ4n) is 3.73. The molecule has 3 atom stereocenters. The second kappa shape index (κ2) is 9.06. The number of fused-ring (bicyclic) bond motifs is 1. The van der Waals surface area contributed by atoms with Crippen LogP contribution in [0.1, 0.15) is 19.4 Å². The lowest BCUT2D eigenvalue weighted by atomic mass is 10.0. The van der Waals surface area contributed by atoms with Gasteiger partial charge in [-0.15, -0.1) is 0 Å². The minimum atomic E-state index is -3.81. The Morgan fingerprint density at radius 1 is 1.17 bits per heavy atom. The Kier molecular flexibility index (Phi) is 6.87. The lowest BCUT2D eigenvalue weighted by Crippen LogP contribution is -2.49. The molecule has 0 spiro atoms. The Morgan fingerprint density at radius 2 is 1.80 bits per heavy atom. The van der Waals surface area contributed by atoms with Gasteiger partial charge in [-0.05, 0) is 51.2 Å². The molecule has 1 N–H and O–H groups in total. The van der Waals surface area contributed by atoms with Crippen molar-refractivity contribution in [2.45, 2.75) is 37.8 Å². The van der Waals surface area contributed by atoms with Crippen LogP contribution in [0.15, 0.2) is 47.4 Å². The summed E-state index contributed by atoms with van der Waals surface area (Å²) in [5.41, 5.74) is 3.07. The van der Waals surface area contributed by atoms with E-state index in [9.17, 15) is 13.5 Å². The Labute approximate surface area is 180 Å². The summed E-state index contributed by atoms with van der Waals surface area (Å²) in [4.78, 5) is 2.19. The number of ether oxygens (including phenoxy) is 1. The highest BCUT2D eigenvalue weighted by Gasteiger charge is 2.37. The summed E-state index contributed by atoms with van der Waals surface area (Å²) in [6.07, 6.45) is -0.184. The fraction of sp³-hybridized carbons (Fsp3) is 0.478. The Balaban J connectivity index is 2.14. The van der Waals surface area contributed by atoms with Gasteiger partial charge < -0.3 is 14.7 Å². The fourth-order valence-corrected chi connectivity index (χ4v) is 5.55. The van der Waals surface area contributed by atoms with Crippen LogP contribution >= 0.6 is 0 Å². The summed E-state index contributed by atoms with van der Waals surface area (Å²) >= 11 is 0. The molecule has 0 saturated heterocycles. The maximum absolute atomic E-state index is 13.5. The van der Waals surface area contributed by atoms with Gasteiger partial charge in [-0.2, -0.15) is 4.31 Å². The van der Waals surface area contributed by atoms with Crippen molar-refractivity contribution in [3.63, 3.8) is 0 Å². The number of nitrogens with zero attached hydrogens (tertiary/aromatic N) is 2. The molecule has 0 fully saturated rings. The van der Waals surface area contributed by atoms with E-state index < -0.39 is 16.1 Å². The van der Waals surface area contributed by atoms with Crippen LogP contribution in [0, 0.1) is 12.8 Å². The van der Waals surface area contributed by atoms with E-state index in [2.05, 4.69) is 0 Å². The first-order valence-corrected chi connectivity index (χ1v) is 11.7. The molecule has 6 nitrogen and oxygen atoms in total. The molecule has 1 aliphatic rings. The smallest absolute Gasteiger partial charge is 0.247 e. The van der Waals surface area contributed by atoms with Crippen molar-refractivity contribution in [2.24, 2.45) is 5.92 Å². The monoisotopic (exact) mass is 432 g/mol. The molecule has 1 aliphatic heterocycles. The molecule has 30 heavy (non-hydrogen) atoms. The summed E-state index contributed by atoms with van der Waals surface area (Å²) in [6, 6.07) is 12.9. The Morgan fingerprint density at radius 3 is 2.40 bits per heavy atom. The van der Waals surface area contributed by atoms with Crippen LogP contribution in [0.4, 0.5) is 0 Å². The van der Waals surface area contributed by atoms with E-state index in [4.69, 9.17) is 4.74 Å². The summed E-state index contributed by atoms with van der Waals surface area (Å²) in [5.74, 6) is 0.314. The third kappa shape index (κ3) is 4.70. The molecule has 0 amide bonds. The lowest BCUT2D eigenvalue weighted by Gasteiger charge is -2.37. The highest BCUT2D eigenvalue weighted by Crippen LogP contribution is 2.36. The molecular weight excluding hydrogens is 400 g/mol. The molecule has 7 heteroatoms. The second-order valence-corrected chi connectivity index (χ2v) is 10.4. The standard InChI is InChI=1S/C23H32N2O4S/c1-16-6-8-19(9-7-16)20-10-11-23-21(12-20)29-22(14-24(4)5)17(2)13-25(18(3)15-26)30(23,27)28/h6-12,17-18,22,26H,13-15H2,1-5H3/t17-,18-,22+/m1/s1. The van der Waals surface area contributed by atoms with E-state index in [-0.39, 0.29) is 23.5 Å². The predicted octanol–water partition coefficient (Wildman–Crippen LogP) is 2.99. The molecule has 0 radical (unpaired) electrons. The van der Waals surface area contributed by atoms with Gasteiger partial charge in [-0.1, -0.05) is 42.8 Å². The molecular formula is C23H32N2O4S.